The van der Waals surface area contributed by atoms with Gasteiger partial charge >= 0.3 is 17.9 Å². The highest BCUT2D eigenvalue weighted by Gasteiger charge is 2.25. The monoisotopic (exact) mass is 649 g/mol. The van der Waals surface area contributed by atoms with Gasteiger partial charge in [0.15, 0.2) is 0 Å². The van der Waals surface area contributed by atoms with Crippen molar-refractivity contribution < 1.29 is 44.4 Å². The van der Waals surface area contributed by atoms with Crippen LogP contribution in [0.4, 0.5) is 0 Å². The number of nitrogens with one attached hydrogen (secondary N) is 2. The summed E-state index contributed by atoms with van der Waals surface area (Å²) in [6, 6.07) is -2.38. The number of rotatable bonds is 25. The standard InChI is InChI=1S/C32H47N3O9S/c1-2-3-14-17-26(36)27(18-15-12-10-8-6-4-5-7-9-11-13-16-19-29(38)39)45-23-25(31(42)34-22-30(40)41)35-28(37)21-20-24(33)32(43)44/h3,5-8,10-15,18,24-27,36H,2,4,9,16-17,19-23,33H2,1H3,(H,34,42)(H,35,37)(H,38,39)(H,40,41)(H,43,44)/b7-5-,8-6-,12-10+,13-11-,14-3-,18-15+/t24-,25-,26-,27+/m0/s1. The molecule has 0 heterocycles. The lowest BCUT2D eigenvalue weighted by Crippen LogP contribution is -2.50. The SMILES string of the molecule is CC/C=C\C[C@H](O)[C@@H](/C=C/C=C/C=C\C/C=C\C/C=C\CCC(=O)O)SC[C@H](NC(=O)CC[C@H](N)C(=O)O)C(=O)NCC(=O)O. The molecule has 2 amide bonds. The van der Waals surface area contributed by atoms with Gasteiger partial charge in [-0.1, -0.05) is 79.8 Å². The number of amides is 2. The van der Waals surface area contributed by atoms with Crippen LogP contribution in [-0.2, 0) is 24.0 Å². The van der Waals surface area contributed by atoms with E-state index in [2.05, 4.69) is 10.6 Å². The van der Waals surface area contributed by atoms with Crippen molar-refractivity contribution >= 4 is 41.5 Å². The van der Waals surface area contributed by atoms with Crippen LogP contribution in [0.15, 0.2) is 72.9 Å². The topological polar surface area (TPSA) is 216 Å². The number of carbonyl (C=O) groups excluding carboxylic acids is 2. The summed E-state index contributed by atoms with van der Waals surface area (Å²) >= 11 is 1.21. The smallest absolute Gasteiger partial charge is 0.322 e. The molecule has 0 fully saturated rings. The second-order valence-corrected chi connectivity index (χ2v) is 11.0. The number of thioether (sulfide) groups is 1. The highest BCUT2D eigenvalue weighted by molar-refractivity contribution is 8.00. The highest BCUT2D eigenvalue weighted by Crippen LogP contribution is 2.21. The van der Waals surface area contributed by atoms with Crippen molar-refractivity contribution in [3.63, 3.8) is 0 Å². The van der Waals surface area contributed by atoms with Crippen molar-refractivity contribution in [1.29, 1.82) is 0 Å². The van der Waals surface area contributed by atoms with E-state index in [1.165, 1.54) is 11.8 Å². The van der Waals surface area contributed by atoms with Crippen LogP contribution in [-0.4, -0.2) is 85.9 Å². The normalized spacial score (nSPS) is 14.9. The number of carboxylic acid groups (broad SMARTS) is 3. The Morgan fingerprint density at radius 3 is 2.13 bits per heavy atom. The van der Waals surface area contributed by atoms with Crippen LogP contribution in [0.3, 0.4) is 0 Å². The van der Waals surface area contributed by atoms with E-state index in [1.54, 1.807) is 18.2 Å². The van der Waals surface area contributed by atoms with E-state index in [4.69, 9.17) is 21.1 Å². The van der Waals surface area contributed by atoms with E-state index in [0.29, 0.717) is 12.8 Å². The molecule has 0 spiro atoms. The van der Waals surface area contributed by atoms with Crippen molar-refractivity contribution in [3.8, 4) is 0 Å². The Hall–Kier alpha value is -3.94. The van der Waals surface area contributed by atoms with Crippen LogP contribution in [0.2, 0.25) is 0 Å². The molecule has 4 atom stereocenters. The van der Waals surface area contributed by atoms with Gasteiger partial charge in [0.1, 0.15) is 18.6 Å². The molecule has 0 unspecified atom stereocenters. The second-order valence-electron chi connectivity index (χ2n) is 9.74. The van der Waals surface area contributed by atoms with Crippen molar-refractivity contribution in [2.24, 2.45) is 5.73 Å². The van der Waals surface area contributed by atoms with Crippen molar-refractivity contribution in [2.45, 2.75) is 81.7 Å². The maximum absolute atomic E-state index is 12.7. The van der Waals surface area contributed by atoms with Gasteiger partial charge in [0.2, 0.25) is 11.8 Å². The Labute approximate surface area is 268 Å². The Bertz CT molecular complexity index is 1100. The summed E-state index contributed by atoms with van der Waals surface area (Å²) in [6.45, 7) is 1.32. The fraction of sp³-hybridized carbons (Fsp3) is 0.469. The molecular formula is C32H47N3O9S. The maximum atomic E-state index is 12.7. The minimum Gasteiger partial charge on any atom is -0.481 e. The number of carbonyl (C=O) groups is 5. The zero-order chi connectivity index (χ0) is 33.9. The van der Waals surface area contributed by atoms with Gasteiger partial charge in [0, 0.05) is 23.8 Å². The van der Waals surface area contributed by atoms with Crippen LogP contribution >= 0.6 is 11.8 Å². The molecule has 0 bridgehead atoms. The van der Waals surface area contributed by atoms with Gasteiger partial charge in [-0.15, -0.1) is 11.8 Å². The van der Waals surface area contributed by atoms with Crippen LogP contribution in [0.25, 0.3) is 0 Å². The first-order valence-corrected chi connectivity index (χ1v) is 15.8. The lowest BCUT2D eigenvalue weighted by atomic mass is 10.1. The molecule has 250 valence electrons. The molecular weight excluding hydrogens is 602 g/mol. The fourth-order valence-corrected chi connectivity index (χ4v) is 4.60. The predicted molar refractivity (Wildman–Crippen MR) is 176 cm³/mol. The molecule has 12 nitrogen and oxygen atoms in total. The number of carboxylic acids is 3. The molecule has 0 saturated heterocycles. The lowest BCUT2D eigenvalue weighted by molar-refractivity contribution is -0.139. The van der Waals surface area contributed by atoms with Crippen molar-refractivity contribution in [2.75, 3.05) is 12.3 Å². The molecule has 0 aromatic carbocycles. The van der Waals surface area contributed by atoms with Gasteiger partial charge < -0.3 is 36.8 Å². The molecule has 0 radical (unpaired) electrons. The van der Waals surface area contributed by atoms with Crippen molar-refractivity contribution in [1.82, 2.24) is 10.6 Å². The molecule has 8 N–H and O–H groups in total. The zero-order valence-electron chi connectivity index (χ0n) is 25.6. The van der Waals surface area contributed by atoms with E-state index >= 15 is 0 Å². The Morgan fingerprint density at radius 1 is 0.822 bits per heavy atom. The van der Waals surface area contributed by atoms with E-state index in [9.17, 15) is 29.1 Å². The van der Waals surface area contributed by atoms with E-state index in [0.717, 1.165) is 19.3 Å². The molecule has 45 heavy (non-hydrogen) atoms. The van der Waals surface area contributed by atoms with Crippen LogP contribution in [0.5, 0.6) is 0 Å². The quantitative estimate of drug-likeness (QED) is 0.0563. The van der Waals surface area contributed by atoms with E-state index in [1.807, 2.05) is 61.6 Å². The maximum Gasteiger partial charge on any atom is 0.322 e. The lowest BCUT2D eigenvalue weighted by Gasteiger charge is -2.23. The summed E-state index contributed by atoms with van der Waals surface area (Å²) < 4.78 is 0. The number of nitrogens with two attached hydrogens (primary N) is 1. The number of allylic oxidation sites excluding steroid dienone is 10. The first kappa shape index (κ1) is 41.1. The number of hydrogen-bond acceptors (Lipinski definition) is 8. The summed E-state index contributed by atoms with van der Waals surface area (Å²) in [7, 11) is 0. The average molecular weight is 650 g/mol. The summed E-state index contributed by atoms with van der Waals surface area (Å²) in [6.07, 6.45) is 24.6. The highest BCUT2D eigenvalue weighted by atomic mass is 32.2. The van der Waals surface area contributed by atoms with Gasteiger partial charge in [0.25, 0.3) is 0 Å². The average Bonchev–Trinajstić information content (AvgIpc) is 2.99. The Balaban J connectivity index is 5.27. The molecule has 0 aliphatic heterocycles. The summed E-state index contributed by atoms with van der Waals surface area (Å²) in [4.78, 5) is 57.4. The largest absolute Gasteiger partial charge is 0.481 e. The summed E-state index contributed by atoms with van der Waals surface area (Å²) in [5.74, 6) is -4.66. The van der Waals surface area contributed by atoms with Gasteiger partial charge in [-0.25, -0.2) is 0 Å². The first-order valence-electron chi connectivity index (χ1n) is 14.7. The van der Waals surface area contributed by atoms with Crippen LogP contribution in [0.1, 0.15) is 58.3 Å². The fourth-order valence-electron chi connectivity index (χ4n) is 3.41. The molecule has 0 aromatic rings. The molecule has 0 aromatic heterocycles. The molecule has 0 saturated carbocycles. The molecule has 13 heteroatoms. The van der Waals surface area contributed by atoms with Gasteiger partial charge in [-0.3, -0.25) is 24.0 Å². The minimum atomic E-state index is -1.26. The number of aliphatic hydroxyl groups is 1. The molecule has 0 rings (SSSR count). The van der Waals surface area contributed by atoms with Crippen molar-refractivity contribution in [3.05, 3.63) is 72.9 Å². The third kappa shape index (κ3) is 24.1. The van der Waals surface area contributed by atoms with Gasteiger partial charge in [-0.05, 0) is 38.5 Å². The van der Waals surface area contributed by atoms with E-state index < -0.39 is 59.7 Å². The minimum absolute atomic E-state index is 0.0104. The summed E-state index contributed by atoms with van der Waals surface area (Å²) in [5, 5.41) is 41.6. The third-order valence-corrected chi connectivity index (χ3v) is 7.23. The van der Waals surface area contributed by atoms with Crippen LogP contribution in [0, 0.1) is 0 Å². The Kier molecular flexibility index (Phi) is 24.1. The number of aliphatic hydroxyl groups excluding tert-OH is 1. The van der Waals surface area contributed by atoms with Gasteiger partial charge in [-0.2, -0.15) is 0 Å². The summed E-state index contributed by atoms with van der Waals surface area (Å²) in [5.41, 5.74) is 5.45. The first-order chi connectivity index (χ1) is 21.5. The second kappa shape index (κ2) is 26.5. The van der Waals surface area contributed by atoms with Crippen LogP contribution < -0.4 is 16.4 Å². The van der Waals surface area contributed by atoms with Gasteiger partial charge in [0.05, 0.1) is 6.10 Å². The molecule has 0 aliphatic carbocycles. The predicted octanol–water partition coefficient (Wildman–Crippen LogP) is 3.11. The number of aliphatic carboxylic acids is 3. The number of hydrogen-bond donors (Lipinski definition) is 7. The Morgan fingerprint density at radius 2 is 1.49 bits per heavy atom. The zero-order valence-corrected chi connectivity index (χ0v) is 26.4. The van der Waals surface area contributed by atoms with E-state index in [-0.39, 0.29) is 25.0 Å². The molecule has 0 aliphatic rings. The third-order valence-electron chi connectivity index (χ3n) is 5.85.